The Kier molecular flexibility index (Phi) is 3.73. The number of hydrogen-bond donors (Lipinski definition) is 1. The van der Waals surface area contributed by atoms with Gasteiger partial charge in [-0.05, 0) is 24.1 Å². The van der Waals surface area contributed by atoms with Crippen molar-refractivity contribution in [3.05, 3.63) is 59.4 Å². The van der Waals surface area contributed by atoms with Crippen molar-refractivity contribution in [1.29, 1.82) is 0 Å². The van der Waals surface area contributed by atoms with Gasteiger partial charge in [0.25, 0.3) is 0 Å². The summed E-state index contributed by atoms with van der Waals surface area (Å²) < 4.78 is 5.72. The van der Waals surface area contributed by atoms with E-state index in [1.165, 1.54) is 0 Å². The fourth-order valence-electron chi connectivity index (χ4n) is 1.64. The highest BCUT2D eigenvalue weighted by molar-refractivity contribution is 5.35. The van der Waals surface area contributed by atoms with Crippen molar-refractivity contribution in [1.82, 2.24) is 4.98 Å². The van der Waals surface area contributed by atoms with Crippen LogP contribution in [0.2, 0.25) is 0 Å². The van der Waals surface area contributed by atoms with Crippen molar-refractivity contribution in [2.75, 3.05) is 0 Å². The van der Waals surface area contributed by atoms with E-state index in [2.05, 4.69) is 4.98 Å². The van der Waals surface area contributed by atoms with E-state index >= 15 is 0 Å². The summed E-state index contributed by atoms with van der Waals surface area (Å²) in [7, 11) is 0. The van der Waals surface area contributed by atoms with Crippen molar-refractivity contribution >= 4 is 0 Å². The number of ether oxygens (including phenoxy) is 1. The number of aromatic nitrogens is 1. The maximum atomic E-state index is 9.20. The summed E-state index contributed by atoms with van der Waals surface area (Å²) in [6.07, 6.45) is 1.68. The van der Waals surface area contributed by atoms with E-state index in [0.717, 1.165) is 11.1 Å². The SMILES string of the molecule is Cc1ccnc(CO)c1OCc1ccccc1. The van der Waals surface area contributed by atoms with Gasteiger partial charge in [0.05, 0.1) is 6.61 Å². The number of aliphatic hydroxyl groups excluding tert-OH is 1. The Bertz CT molecular complexity index is 483. The van der Waals surface area contributed by atoms with E-state index in [1.807, 2.05) is 43.3 Å². The molecule has 0 unspecified atom stereocenters. The molecule has 3 nitrogen and oxygen atoms in total. The molecule has 3 heteroatoms. The molecule has 0 amide bonds. The highest BCUT2D eigenvalue weighted by Gasteiger charge is 2.07. The van der Waals surface area contributed by atoms with Crippen molar-refractivity contribution in [3.63, 3.8) is 0 Å². The zero-order valence-corrected chi connectivity index (χ0v) is 9.76. The molecule has 88 valence electrons. The number of aryl methyl sites for hydroxylation is 1. The second-order valence-corrected chi connectivity index (χ2v) is 3.84. The van der Waals surface area contributed by atoms with Gasteiger partial charge in [-0.15, -0.1) is 0 Å². The van der Waals surface area contributed by atoms with Crippen LogP contribution in [0.25, 0.3) is 0 Å². The molecule has 0 saturated heterocycles. The largest absolute Gasteiger partial charge is 0.487 e. The van der Waals surface area contributed by atoms with Gasteiger partial charge in [0.15, 0.2) is 0 Å². The van der Waals surface area contributed by atoms with Gasteiger partial charge in [0.1, 0.15) is 18.1 Å². The molecule has 1 heterocycles. The van der Waals surface area contributed by atoms with Crippen molar-refractivity contribution in [2.45, 2.75) is 20.1 Å². The lowest BCUT2D eigenvalue weighted by molar-refractivity contribution is 0.252. The van der Waals surface area contributed by atoms with Gasteiger partial charge in [-0.25, -0.2) is 0 Å². The zero-order chi connectivity index (χ0) is 12.1. The van der Waals surface area contributed by atoms with Crippen LogP contribution in [-0.2, 0) is 13.2 Å². The molecule has 2 rings (SSSR count). The monoisotopic (exact) mass is 229 g/mol. The molecule has 1 aromatic heterocycles. The van der Waals surface area contributed by atoms with Gasteiger partial charge in [-0.3, -0.25) is 4.98 Å². The molecule has 0 spiro atoms. The summed E-state index contributed by atoms with van der Waals surface area (Å²) in [4.78, 5) is 4.10. The van der Waals surface area contributed by atoms with Gasteiger partial charge < -0.3 is 9.84 Å². The first-order valence-electron chi connectivity index (χ1n) is 5.53. The van der Waals surface area contributed by atoms with E-state index < -0.39 is 0 Å². The van der Waals surface area contributed by atoms with Crippen LogP contribution in [0, 0.1) is 6.92 Å². The molecule has 1 aromatic carbocycles. The molecule has 0 bridgehead atoms. The average Bonchev–Trinajstić information content (AvgIpc) is 2.38. The van der Waals surface area contributed by atoms with Gasteiger partial charge in [0.2, 0.25) is 0 Å². The Balaban J connectivity index is 2.14. The van der Waals surface area contributed by atoms with Crippen LogP contribution < -0.4 is 4.74 Å². The number of pyridine rings is 1. The normalized spacial score (nSPS) is 10.2. The van der Waals surface area contributed by atoms with E-state index in [4.69, 9.17) is 4.74 Å². The molecule has 0 saturated carbocycles. The molecule has 1 N–H and O–H groups in total. The third-order valence-electron chi connectivity index (χ3n) is 2.55. The second kappa shape index (κ2) is 5.46. The number of benzene rings is 1. The number of hydrogen-bond acceptors (Lipinski definition) is 3. The Hall–Kier alpha value is -1.87. The van der Waals surface area contributed by atoms with Crippen LogP contribution in [0.15, 0.2) is 42.6 Å². The first kappa shape index (κ1) is 11.6. The predicted molar refractivity (Wildman–Crippen MR) is 65.7 cm³/mol. The topological polar surface area (TPSA) is 42.4 Å². The number of rotatable bonds is 4. The third kappa shape index (κ3) is 2.82. The molecule has 0 fully saturated rings. The molecule has 0 aliphatic heterocycles. The standard InChI is InChI=1S/C14H15NO2/c1-11-7-8-15-13(9-16)14(11)17-10-12-5-3-2-4-6-12/h2-8,16H,9-10H2,1H3. The van der Waals surface area contributed by atoms with E-state index in [-0.39, 0.29) is 6.61 Å². The first-order valence-corrected chi connectivity index (χ1v) is 5.53. The van der Waals surface area contributed by atoms with E-state index in [9.17, 15) is 5.11 Å². The van der Waals surface area contributed by atoms with Crippen LogP contribution in [0.3, 0.4) is 0 Å². The summed E-state index contributed by atoms with van der Waals surface area (Å²) in [5.41, 5.74) is 2.67. The lowest BCUT2D eigenvalue weighted by Gasteiger charge is -2.11. The van der Waals surface area contributed by atoms with Crippen molar-refractivity contribution in [3.8, 4) is 5.75 Å². The van der Waals surface area contributed by atoms with E-state index in [1.54, 1.807) is 6.20 Å². The van der Waals surface area contributed by atoms with Gasteiger partial charge in [-0.2, -0.15) is 0 Å². The molecular formula is C14H15NO2. The summed E-state index contributed by atoms with van der Waals surface area (Å²) >= 11 is 0. The maximum absolute atomic E-state index is 9.20. The van der Waals surface area contributed by atoms with Crippen LogP contribution >= 0.6 is 0 Å². The molecule has 17 heavy (non-hydrogen) atoms. The minimum absolute atomic E-state index is 0.105. The Morgan fingerprint density at radius 2 is 1.94 bits per heavy atom. The van der Waals surface area contributed by atoms with Gasteiger partial charge in [-0.1, -0.05) is 30.3 Å². The fraction of sp³-hybridized carbons (Fsp3) is 0.214. The number of nitrogens with zero attached hydrogens (tertiary/aromatic N) is 1. The van der Waals surface area contributed by atoms with Crippen molar-refractivity contribution in [2.24, 2.45) is 0 Å². The third-order valence-corrected chi connectivity index (χ3v) is 2.55. The van der Waals surface area contributed by atoms with Gasteiger partial charge >= 0.3 is 0 Å². The highest BCUT2D eigenvalue weighted by Crippen LogP contribution is 2.22. The fourth-order valence-corrected chi connectivity index (χ4v) is 1.64. The molecule has 0 aliphatic rings. The first-order chi connectivity index (χ1) is 8.31. The van der Waals surface area contributed by atoms with Crippen LogP contribution in [0.5, 0.6) is 5.75 Å². The second-order valence-electron chi connectivity index (χ2n) is 3.84. The smallest absolute Gasteiger partial charge is 0.146 e. The van der Waals surface area contributed by atoms with Crippen molar-refractivity contribution < 1.29 is 9.84 Å². The minimum atomic E-state index is -0.105. The summed E-state index contributed by atoms with van der Waals surface area (Å²) in [6.45, 7) is 2.33. The minimum Gasteiger partial charge on any atom is -0.487 e. The molecule has 0 aliphatic carbocycles. The number of aliphatic hydroxyl groups is 1. The lowest BCUT2D eigenvalue weighted by atomic mass is 10.2. The molecular weight excluding hydrogens is 214 g/mol. The molecule has 0 atom stereocenters. The van der Waals surface area contributed by atoms with Crippen LogP contribution in [-0.4, -0.2) is 10.1 Å². The van der Waals surface area contributed by atoms with Crippen LogP contribution in [0.1, 0.15) is 16.8 Å². The lowest BCUT2D eigenvalue weighted by Crippen LogP contribution is -2.02. The summed E-state index contributed by atoms with van der Waals surface area (Å²) in [6, 6.07) is 11.8. The Labute approximate surface area is 101 Å². The average molecular weight is 229 g/mol. The summed E-state index contributed by atoms with van der Waals surface area (Å²) in [5, 5.41) is 9.20. The molecule has 2 aromatic rings. The Morgan fingerprint density at radius 3 is 2.65 bits per heavy atom. The van der Waals surface area contributed by atoms with Gasteiger partial charge in [0, 0.05) is 6.20 Å². The predicted octanol–water partition coefficient (Wildman–Crippen LogP) is 2.46. The Morgan fingerprint density at radius 1 is 1.18 bits per heavy atom. The highest BCUT2D eigenvalue weighted by atomic mass is 16.5. The maximum Gasteiger partial charge on any atom is 0.146 e. The summed E-state index contributed by atoms with van der Waals surface area (Å²) in [5.74, 6) is 0.679. The van der Waals surface area contributed by atoms with E-state index in [0.29, 0.717) is 18.1 Å². The molecule has 0 radical (unpaired) electrons. The zero-order valence-electron chi connectivity index (χ0n) is 9.76. The quantitative estimate of drug-likeness (QED) is 0.875. The van der Waals surface area contributed by atoms with Crippen LogP contribution in [0.4, 0.5) is 0 Å².